The third-order valence-corrected chi connectivity index (χ3v) is 1.51. The maximum Gasteiger partial charge on any atom is 0.270 e. The van der Waals surface area contributed by atoms with Crippen LogP contribution in [0.15, 0.2) is 23.1 Å². The van der Waals surface area contributed by atoms with Gasteiger partial charge in [-0.1, -0.05) is 12.2 Å². The van der Waals surface area contributed by atoms with E-state index in [1.807, 2.05) is 6.92 Å². The fourth-order valence-electron chi connectivity index (χ4n) is 0.745. The third kappa shape index (κ3) is 2.13. The van der Waals surface area contributed by atoms with Gasteiger partial charge in [0.15, 0.2) is 4.77 Å². The summed E-state index contributed by atoms with van der Waals surface area (Å²) in [6, 6.07) is 0. The molecule has 1 rings (SSSR count). The Bertz CT molecular complexity index is 404. The van der Waals surface area contributed by atoms with E-state index in [0.29, 0.717) is 11.3 Å². The molecule has 1 aromatic heterocycles. The van der Waals surface area contributed by atoms with Crippen molar-refractivity contribution in [1.29, 1.82) is 0 Å². The predicted octanol–water partition coefficient (Wildman–Crippen LogP) is 0.877. The van der Waals surface area contributed by atoms with Crippen molar-refractivity contribution in [2.24, 2.45) is 0 Å². The van der Waals surface area contributed by atoms with E-state index >= 15 is 0 Å². The van der Waals surface area contributed by atoms with Crippen LogP contribution in [0.3, 0.4) is 0 Å². The van der Waals surface area contributed by atoms with Crippen LogP contribution in [-0.4, -0.2) is 14.8 Å². The van der Waals surface area contributed by atoms with Gasteiger partial charge < -0.3 is 0 Å². The highest BCUT2D eigenvalue weighted by atomic mass is 32.1. The van der Waals surface area contributed by atoms with Crippen LogP contribution in [-0.2, 0) is 6.54 Å². The minimum absolute atomic E-state index is 0.280. The molecule has 0 saturated heterocycles. The lowest BCUT2D eigenvalue weighted by Gasteiger charge is -2.02. The molecular formula is C7H9N3OS. The summed E-state index contributed by atoms with van der Waals surface area (Å²) >= 11 is 4.86. The number of aromatic nitrogens is 3. The second-order valence-electron chi connectivity index (χ2n) is 2.55. The molecule has 0 fully saturated rings. The lowest BCUT2D eigenvalue weighted by molar-refractivity contribution is 0.621. The molecule has 0 aliphatic rings. The molecule has 0 atom stereocenters. The molecule has 0 aliphatic carbocycles. The fraction of sp³-hybridized carbons (Fsp3) is 0.286. The summed E-state index contributed by atoms with van der Waals surface area (Å²) in [7, 11) is 0. The Morgan fingerprint density at radius 1 is 1.92 bits per heavy atom. The van der Waals surface area contributed by atoms with Gasteiger partial charge in [0.05, 0.1) is 6.54 Å². The lowest BCUT2D eigenvalue weighted by Crippen LogP contribution is -2.15. The lowest BCUT2D eigenvalue weighted by atomic mass is 10.4. The molecular weight excluding hydrogens is 174 g/mol. The van der Waals surface area contributed by atoms with Crippen molar-refractivity contribution in [2.75, 3.05) is 0 Å². The minimum atomic E-state index is -0.280. The van der Waals surface area contributed by atoms with Crippen molar-refractivity contribution >= 4 is 12.2 Å². The quantitative estimate of drug-likeness (QED) is 0.547. The molecule has 1 heterocycles. The standard InChI is InChI=1S/C7H9N3OS/c1-5(2)4-10-7(12)9-6(11)3-8-10/h3H,1,4H2,2H3,(H,9,11,12). The first-order valence-electron chi connectivity index (χ1n) is 3.40. The maximum absolute atomic E-state index is 10.7. The highest BCUT2D eigenvalue weighted by molar-refractivity contribution is 7.71. The number of hydrogen-bond acceptors (Lipinski definition) is 3. The van der Waals surface area contributed by atoms with Gasteiger partial charge in [0.25, 0.3) is 5.56 Å². The topological polar surface area (TPSA) is 50.7 Å². The van der Waals surface area contributed by atoms with Crippen LogP contribution < -0.4 is 5.56 Å². The van der Waals surface area contributed by atoms with Crippen LogP contribution >= 0.6 is 12.2 Å². The number of H-pyrrole nitrogens is 1. The van der Waals surface area contributed by atoms with Crippen molar-refractivity contribution in [1.82, 2.24) is 14.8 Å². The summed E-state index contributed by atoms with van der Waals surface area (Å²) in [5.41, 5.74) is 0.656. The van der Waals surface area contributed by atoms with Crippen LogP contribution in [0.5, 0.6) is 0 Å². The Balaban J connectivity index is 3.10. The second kappa shape index (κ2) is 3.44. The predicted molar refractivity (Wildman–Crippen MR) is 48.5 cm³/mol. The molecule has 12 heavy (non-hydrogen) atoms. The van der Waals surface area contributed by atoms with Crippen molar-refractivity contribution in [3.05, 3.63) is 33.5 Å². The van der Waals surface area contributed by atoms with E-state index in [4.69, 9.17) is 12.2 Å². The fourth-order valence-corrected chi connectivity index (χ4v) is 0.957. The summed E-state index contributed by atoms with van der Waals surface area (Å²) in [6.07, 6.45) is 1.19. The van der Waals surface area contributed by atoms with Gasteiger partial charge in [0, 0.05) is 0 Å². The molecule has 0 amide bonds. The highest BCUT2D eigenvalue weighted by Crippen LogP contribution is 1.91. The van der Waals surface area contributed by atoms with Crippen LogP contribution in [0.4, 0.5) is 0 Å². The van der Waals surface area contributed by atoms with E-state index < -0.39 is 0 Å². The van der Waals surface area contributed by atoms with Crippen molar-refractivity contribution < 1.29 is 0 Å². The van der Waals surface area contributed by atoms with Gasteiger partial charge in [-0.3, -0.25) is 9.78 Å². The summed E-state index contributed by atoms with van der Waals surface area (Å²) in [5.74, 6) is 0. The van der Waals surface area contributed by atoms with Gasteiger partial charge in [-0.25, -0.2) is 4.68 Å². The Hall–Kier alpha value is -1.23. The molecule has 0 bridgehead atoms. The van der Waals surface area contributed by atoms with E-state index in [1.165, 1.54) is 10.9 Å². The SMILES string of the molecule is C=C(C)Cn1ncc(=O)[nH]c1=S. The monoisotopic (exact) mass is 183 g/mol. The van der Waals surface area contributed by atoms with E-state index in [1.54, 1.807) is 0 Å². The molecule has 0 aromatic carbocycles. The zero-order valence-corrected chi connectivity index (χ0v) is 7.52. The number of hydrogen-bond donors (Lipinski definition) is 1. The van der Waals surface area contributed by atoms with Crippen LogP contribution in [0.1, 0.15) is 6.92 Å². The molecule has 1 aromatic rings. The van der Waals surface area contributed by atoms with Crippen LogP contribution in [0.25, 0.3) is 0 Å². The largest absolute Gasteiger partial charge is 0.297 e. The number of nitrogens with one attached hydrogen (secondary N) is 1. The van der Waals surface area contributed by atoms with Gasteiger partial charge in [-0.15, -0.1) is 0 Å². The van der Waals surface area contributed by atoms with E-state index in [2.05, 4.69) is 16.7 Å². The van der Waals surface area contributed by atoms with Crippen molar-refractivity contribution in [3.8, 4) is 0 Å². The van der Waals surface area contributed by atoms with Crippen LogP contribution in [0, 0.1) is 4.77 Å². The summed E-state index contributed by atoms with van der Waals surface area (Å²) < 4.78 is 1.84. The number of nitrogens with zero attached hydrogens (tertiary/aromatic N) is 2. The summed E-state index contributed by atoms with van der Waals surface area (Å²) in [4.78, 5) is 13.2. The molecule has 0 spiro atoms. The molecule has 64 valence electrons. The summed E-state index contributed by atoms with van der Waals surface area (Å²) in [5, 5.41) is 3.83. The third-order valence-electron chi connectivity index (χ3n) is 1.20. The van der Waals surface area contributed by atoms with Crippen molar-refractivity contribution in [2.45, 2.75) is 13.5 Å². The molecule has 0 saturated carbocycles. The van der Waals surface area contributed by atoms with Gasteiger partial charge in [0.2, 0.25) is 0 Å². The Labute approximate surface area is 74.6 Å². The van der Waals surface area contributed by atoms with Gasteiger partial charge in [-0.2, -0.15) is 5.10 Å². The minimum Gasteiger partial charge on any atom is -0.297 e. The maximum atomic E-state index is 10.7. The van der Waals surface area contributed by atoms with Crippen molar-refractivity contribution in [3.63, 3.8) is 0 Å². The van der Waals surface area contributed by atoms with Crippen LogP contribution in [0.2, 0.25) is 0 Å². The molecule has 0 aliphatic heterocycles. The molecule has 0 radical (unpaired) electrons. The molecule has 1 N–H and O–H groups in total. The first-order chi connectivity index (χ1) is 5.59. The van der Waals surface area contributed by atoms with E-state index in [-0.39, 0.29) is 5.56 Å². The molecule has 0 unspecified atom stereocenters. The Morgan fingerprint density at radius 3 is 3.08 bits per heavy atom. The van der Waals surface area contributed by atoms with E-state index in [0.717, 1.165) is 5.57 Å². The second-order valence-corrected chi connectivity index (χ2v) is 2.94. The normalized spacial score (nSPS) is 9.75. The smallest absolute Gasteiger partial charge is 0.270 e. The zero-order chi connectivity index (χ0) is 9.14. The number of rotatable bonds is 2. The first-order valence-corrected chi connectivity index (χ1v) is 3.81. The van der Waals surface area contributed by atoms with Gasteiger partial charge >= 0.3 is 0 Å². The molecule has 5 heteroatoms. The average molecular weight is 183 g/mol. The first kappa shape index (κ1) is 8.86. The number of aromatic amines is 1. The highest BCUT2D eigenvalue weighted by Gasteiger charge is 1.93. The average Bonchev–Trinajstić information content (AvgIpc) is 1.94. The summed E-state index contributed by atoms with van der Waals surface area (Å²) in [6.45, 7) is 6.12. The van der Waals surface area contributed by atoms with Gasteiger partial charge in [0.1, 0.15) is 6.20 Å². The zero-order valence-electron chi connectivity index (χ0n) is 6.70. The van der Waals surface area contributed by atoms with Gasteiger partial charge in [-0.05, 0) is 19.1 Å². The molecule has 4 nitrogen and oxygen atoms in total. The Morgan fingerprint density at radius 2 is 2.58 bits per heavy atom. The number of allylic oxidation sites excluding steroid dienone is 1. The Kier molecular flexibility index (Phi) is 2.54. The van der Waals surface area contributed by atoms with E-state index in [9.17, 15) is 4.79 Å².